The summed E-state index contributed by atoms with van der Waals surface area (Å²) in [6.07, 6.45) is 1.99. The Hall–Kier alpha value is -3.70. The lowest BCUT2D eigenvalue weighted by molar-refractivity contribution is 0.568. The van der Waals surface area contributed by atoms with Gasteiger partial charge in [-0.2, -0.15) is 0 Å². The van der Waals surface area contributed by atoms with Crippen LogP contribution in [0.1, 0.15) is 25.8 Å². The fourth-order valence-corrected chi connectivity index (χ4v) is 4.85. The van der Waals surface area contributed by atoms with E-state index in [4.69, 9.17) is 10.2 Å². The molecule has 2 heterocycles. The smallest absolute Gasteiger partial charge is 0.270 e. The lowest BCUT2D eigenvalue weighted by Crippen LogP contribution is -2.16. The van der Waals surface area contributed by atoms with E-state index in [0.29, 0.717) is 24.2 Å². The summed E-state index contributed by atoms with van der Waals surface area (Å²) in [6.45, 7) is 4.04. The first-order chi connectivity index (χ1) is 16.7. The van der Waals surface area contributed by atoms with Crippen molar-refractivity contribution in [2.24, 2.45) is 0 Å². The molecule has 0 saturated heterocycles. The molecular weight excluding hydrogens is 471 g/mol. The number of halogens is 1. The molecule has 0 fully saturated rings. The number of anilines is 1. The first-order valence-electron chi connectivity index (χ1n) is 11.0. The first kappa shape index (κ1) is 24.4. The molecule has 0 aliphatic rings. The number of benzene rings is 2. The predicted molar refractivity (Wildman–Crippen MR) is 130 cm³/mol. The molecule has 0 saturated carbocycles. The van der Waals surface area contributed by atoms with Crippen LogP contribution in [-0.2, 0) is 16.4 Å². The van der Waals surface area contributed by atoms with Crippen molar-refractivity contribution in [3.05, 3.63) is 60.0 Å². The molecule has 0 aliphatic heterocycles. The van der Waals surface area contributed by atoms with Gasteiger partial charge in [-0.05, 0) is 50.2 Å². The van der Waals surface area contributed by atoms with Gasteiger partial charge in [-0.25, -0.2) is 22.8 Å². The number of aromatic nitrogens is 4. The Labute approximate surface area is 202 Å². The molecule has 1 atom stereocenters. The van der Waals surface area contributed by atoms with Gasteiger partial charge in [0, 0.05) is 12.1 Å². The maximum Gasteiger partial charge on any atom is 0.270 e. The van der Waals surface area contributed by atoms with E-state index in [1.165, 1.54) is 12.3 Å². The molecule has 2 aromatic heterocycles. The van der Waals surface area contributed by atoms with E-state index in [0.717, 1.165) is 5.56 Å². The number of nitrogen functional groups attached to an aromatic ring is 1. The van der Waals surface area contributed by atoms with Crippen LogP contribution in [0.25, 0.3) is 34.3 Å². The molecule has 35 heavy (non-hydrogen) atoms. The van der Waals surface area contributed by atoms with E-state index < -0.39 is 20.9 Å². The average molecular weight is 497 g/mol. The summed E-state index contributed by atoms with van der Waals surface area (Å²) >= 11 is 0. The van der Waals surface area contributed by atoms with Gasteiger partial charge in [0.1, 0.15) is 5.82 Å². The Bertz CT molecular complexity index is 1450. The largest absolute Gasteiger partial charge is 0.414 e. The fraction of sp³-hybridized carbons (Fsp3) is 0.250. The van der Waals surface area contributed by atoms with E-state index in [1.807, 2.05) is 6.92 Å². The Morgan fingerprint density at radius 1 is 1.11 bits per heavy atom. The van der Waals surface area contributed by atoms with Gasteiger partial charge < -0.3 is 15.5 Å². The number of nitrogens with zero attached hydrogens (tertiary/aromatic N) is 4. The molecule has 11 heteroatoms. The third-order valence-electron chi connectivity index (χ3n) is 5.66. The molecule has 0 amide bonds. The predicted octanol–water partition coefficient (Wildman–Crippen LogP) is 3.87. The number of sulfone groups is 1. The van der Waals surface area contributed by atoms with Crippen LogP contribution < -0.4 is 11.1 Å². The van der Waals surface area contributed by atoms with Crippen molar-refractivity contribution in [1.29, 1.82) is 0 Å². The van der Waals surface area contributed by atoms with Gasteiger partial charge in [0.2, 0.25) is 0 Å². The highest BCUT2D eigenvalue weighted by Crippen LogP contribution is 2.30. The van der Waals surface area contributed by atoms with Gasteiger partial charge in [-0.15, -0.1) is 10.2 Å². The third kappa shape index (κ3) is 4.91. The van der Waals surface area contributed by atoms with Crippen LogP contribution in [0.2, 0.25) is 0 Å². The van der Waals surface area contributed by atoms with Crippen LogP contribution in [0.3, 0.4) is 0 Å². The second-order valence-corrected chi connectivity index (χ2v) is 10.4. The minimum atomic E-state index is -3.40. The van der Waals surface area contributed by atoms with Crippen molar-refractivity contribution in [2.75, 3.05) is 12.8 Å². The molecule has 0 aliphatic carbocycles. The maximum absolute atomic E-state index is 14.6. The molecule has 2 aromatic carbocycles. The van der Waals surface area contributed by atoms with E-state index in [-0.39, 0.29) is 33.8 Å². The van der Waals surface area contributed by atoms with Crippen molar-refractivity contribution in [3.63, 3.8) is 0 Å². The zero-order valence-electron chi connectivity index (χ0n) is 19.5. The molecule has 9 nitrogen and oxygen atoms in total. The lowest BCUT2D eigenvalue weighted by atomic mass is 10.1. The van der Waals surface area contributed by atoms with Gasteiger partial charge in [0.25, 0.3) is 11.8 Å². The third-order valence-corrected chi connectivity index (χ3v) is 7.98. The standard InChI is InChI=1S/C24H25FN6O3S/c1-4-14(2)35(32,33)17-8-6-16(7-9-17)20-13-28-22(26)21(29-20)24-31-30-23(34-24)18-10-5-15(12-27-3)11-19(18)25/h5-11,13-14,27H,4,12H2,1-3H3,(H2,26,28). The SMILES string of the molecule is CCC(C)S(=O)(=O)c1ccc(-c2cnc(N)c(-c3nnc(-c4ccc(CNC)cc4F)o3)n2)cc1. The van der Waals surface area contributed by atoms with Crippen molar-refractivity contribution < 1.29 is 17.2 Å². The fourth-order valence-electron chi connectivity index (χ4n) is 3.44. The van der Waals surface area contributed by atoms with Crippen molar-refractivity contribution in [3.8, 4) is 34.3 Å². The highest BCUT2D eigenvalue weighted by Gasteiger charge is 2.22. The van der Waals surface area contributed by atoms with E-state index >= 15 is 0 Å². The minimum absolute atomic E-state index is 0.0125. The lowest BCUT2D eigenvalue weighted by Gasteiger charge is -2.11. The number of nitrogens with two attached hydrogens (primary N) is 1. The summed E-state index contributed by atoms with van der Waals surface area (Å²) in [4.78, 5) is 8.89. The van der Waals surface area contributed by atoms with Gasteiger partial charge >= 0.3 is 0 Å². The van der Waals surface area contributed by atoms with E-state index in [9.17, 15) is 12.8 Å². The van der Waals surface area contributed by atoms with Gasteiger partial charge in [-0.1, -0.05) is 25.1 Å². The zero-order chi connectivity index (χ0) is 25.2. The number of nitrogens with one attached hydrogen (secondary N) is 1. The van der Waals surface area contributed by atoms with Crippen LogP contribution in [0.5, 0.6) is 0 Å². The molecule has 0 radical (unpaired) electrons. The molecule has 4 aromatic rings. The van der Waals surface area contributed by atoms with Crippen molar-refractivity contribution in [1.82, 2.24) is 25.5 Å². The normalized spacial score (nSPS) is 12.6. The number of hydrogen-bond acceptors (Lipinski definition) is 9. The number of hydrogen-bond donors (Lipinski definition) is 2. The monoisotopic (exact) mass is 496 g/mol. The molecule has 4 rings (SSSR count). The van der Waals surface area contributed by atoms with Crippen molar-refractivity contribution in [2.45, 2.75) is 37.0 Å². The Morgan fingerprint density at radius 3 is 2.49 bits per heavy atom. The Balaban J connectivity index is 1.65. The molecule has 1 unspecified atom stereocenters. The Morgan fingerprint density at radius 2 is 1.83 bits per heavy atom. The molecule has 182 valence electrons. The van der Waals surface area contributed by atoms with Crippen molar-refractivity contribution >= 4 is 15.7 Å². The second kappa shape index (κ2) is 9.88. The second-order valence-electron chi connectivity index (χ2n) is 8.03. The summed E-state index contributed by atoms with van der Waals surface area (Å²) in [7, 11) is -1.63. The van der Waals surface area contributed by atoms with Crippen LogP contribution in [0.4, 0.5) is 10.2 Å². The molecule has 3 N–H and O–H groups in total. The molecule has 0 spiro atoms. The van der Waals surface area contributed by atoms with Gasteiger partial charge in [-0.3, -0.25) is 0 Å². The summed E-state index contributed by atoms with van der Waals surface area (Å²) < 4.78 is 45.4. The zero-order valence-corrected chi connectivity index (χ0v) is 20.3. The molecular formula is C24H25FN6O3S. The highest BCUT2D eigenvalue weighted by atomic mass is 32.2. The van der Waals surface area contributed by atoms with Gasteiger partial charge in [0.05, 0.1) is 27.6 Å². The van der Waals surface area contributed by atoms with Gasteiger partial charge in [0.15, 0.2) is 21.3 Å². The summed E-state index contributed by atoms with van der Waals surface area (Å²) in [5.41, 5.74) is 8.14. The minimum Gasteiger partial charge on any atom is -0.414 e. The topological polar surface area (TPSA) is 137 Å². The van der Waals surface area contributed by atoms with Crippen LogP contribution in [-0.4, -0.2) is 40.9 Å². The van der Waals surface area contributed by atoms with Crippen LogP contribution >= 0.6 is 0 Å². The molecule has 0 bridgehead atoms. The summed E-state index contributed by atoms with van der Waals surface area (Å²) in [5.74, 6) is -0.459. The summed E-state index contributed by atoms with van der Waals surface area (Å²) in [5, 5.41) is 10.4. The Kier molecular flexibility index (Phi) is 6.90. The van der Waals surface area contributed by atoms with Crippen LogP contribution in [0.15, 0.2) is 58.0 Å². The average Bonchev–Trinajstić information content (AvgIpc) is 3.34. The first-order valence-corrected chi connectivity index (χ1v) is 12.5. The van der Waals surface area contributed by atoms with Crippen LogP contribution in [0, 0.1) is 5.82 Å². The highest BCUT2D eigenvalue weighted by molar-refractivity contribution is 7.92. The maximum atomic E-state index is 14.6. The summed E-state index contributed by atoms with van der Waals surface area (Å²) in [6, 6.07) is 11.1. The van der Waals surface area contributed by atoms with E-state index in [2.05, 4.69) is 25.5 Å². The number of rotatable bonds is 8. The quantitative estimate of drug-likeness (QED) is 0.372. The van der Waals surface area contributed by atoms with E-state index in [1.54, 1.807) is 50.4 Å².